The van der Waals surface area contributed by atoms with Crippen LogP contribution in [0.25, 0.3) is 5.69 Å². The van der Waals surface area contributed by atoms with Gasteiger partial charge in [0.25, 0.3) is 0 Å². The van der Waals surface area contributed by atoms with Gasteiger partial charge in [0.15, 0.2) is 0 Å². The van der Waals surface area contributed by atoms with Crippen molar-refractivity contribution in [2.75, 3.05) is 31.1 Å². The number of hydrogen-bond acceptors (Lipinski definition) is 7. The average molecular weight is 553 g/mol. The molecular formula is C26H37ClN4O5S. The highest BCUT2D eigenvalue weighted by molar-refractivity contribution is 7.89. The second kappa shape index (κ2) is 11.7. The molecule has 1 aromatic carbocycles. The van der Waals surface area contributed by atoms with Crippen molar-refractivity contribution in [2.45, 2.75) is 76.9 Å². The van der Waals surface area contributed by atoms with Crippen LogP contribution in [0, 0.1) is 0 Å². The van der Waals surface area contributed by atoms with Crippen LogP contribution in [0.15, 0.2) is 35.3 Å². The quantitative estimate of drug-likeness (QED) is 0.491. The third-order valence-electron chi connectivity index (χ3n) is 6.87. The molecule has 2 aliphatic rings. The summed E-state index contributed by atoms with van der Waals surface area (Å²) in [7, 11) is -3.34. The summed E-state index contributed by atoms with van der Waals surface area (Å²) >= 11 is 6.17. The molecule has 0 atom stereocenters. The van der Waals surface area contributed by atoms with E-state index in [9.17, 15) is 13.2 Å². The Morgan fingerprint density at radius 1 is 1.00 bits per heavy atom. The van der Waals surface area contributed by atoms with Gasteiger partial charge in [-0.25, -0.2) is 8.42 Å². The van der Waals surface area contributed by atoms with Gasteiger partial charge in [0.2, 0.25) is 15.8 Å². The fourth-order valence-corrected chi connectivity index (χ4v) is 6.33. The Kier molecular flexibility index (Phi) is 8.83. The topological polar surface area (TPSA) is 94.0 Å². The summed E-state index contributed by atoms with van der Waals surface area (Å²) in [5.41, 5.74) is 0.777. The summed E-state index contributed by atoms with van der Waals surface area (Å²) in [5.74, 6) is 0.239. The smallest absolute Gasteiger partial charge is 0.316 e. The molecule has 2 heterocycles. The Balaban J connectivity index is 1.60. The van der Waals surface area contributed by atoms with Crippen LogP contribution in [0.2, 0.25) is 5.02 Å². The van der Waals surface area contributed by atoms with Crippen molar-refractivity contribution in [3.63, 3.8) is 0 Å². The molecule has 0 amide bonds. The number of hydrogen-bond donors (Lipinski definition) is 0. The Morgan fingerprint density at radius 2 is 1.65 bits per heavy atom. The second-order valence-electron chi connectivity index (χ2n) is 10.2. The van der Waals surface area contributed by atoms with Crippen LogP contribution >= 0.6 is 11.6 Å². The molecule has 1 aliphatic heterocycles. The van der Waals surface area contributed by atoms with Gasteiger partial charge in [-0.3, -0.25) is 4.79 Å². The highest BCUT2D eigenvalue weighted by Gasteiger charge is 2.32. The normalized spacial score (nSPS) is 21.5. The molecule has 0 N–H and O–H groups in total. The first-order chi connectivity index (χ1) is 17.6. The number of piperazine rings is 1. The van der Waals surface area contributed by atoms with Crippen LogP contribution in [-0.4, -0.2) is 72.2 Å². The maximum absolute atomic E-state index is 13.7. The molecule has 11 heteroatoms. The molecule has 0 unspecified atom stereocenters. The number of halogens is 1. The van der Waals surface area contributed by atoms with Crippen molar-refractivity contribution in [1.29, 1.82) is 0 Å². The number of rotatable bonds is 8. The molecule has 0 radical (unpaired) electrons. The van der Waals surface area contributed by atoms with Gasteiger partial charge >= 0.3 is 5.56 Å². The fraction of sp³-hybridized carbons (Fsp3) is 0.615. The van der Waals surface area contributed by atoms with E-state index in [-0.39, 0.29) is 29.6 Å². The van der Waals surface area contributed by atoms with Gasteiger partial charge in [0.05, 0.1) is 35.4 Å². The molecular weight excluding hydrogens is 516 g/mol. The van der Waals surface area contributed by atoms with Crippen LogP contribution < -0.4 is 15.2 Å². The summed E-state index contributed by atoms with van der Waals surface area (Å²) in [6, 6.07) is 6.96. The van der Waals surface area contributed by atoms with Crippen molar-refractivity contribution < 1.29 is 17.9 Å². The van der Waals surface area contributed by atoms with Gasteiger partial charge in [-0.2, -0.15) is 14.1 Å². The zero-order valence-electron chi connectivity index (χ0n) is 22.0. The number of aromatic nitrogens is 2. The molecule has 1 saturated heterocycles. The summed E-state index contributed by atoms with van der Waals surface area (Å²) in [5, 5.41) is 4.46. The van der Waals surface area contributed by atoms with Crippen molar-refractivity contribution in [2.24, 2.45) is 0 Å². The number of anilines is 1. The number of ether oxygens (including phenoxy) is 2. The Hall–Kier alpha value is -2.14. The summed E-state index contributed by atoms with van der Waals surface area (Å²) < 4.78 is 40.5. The van der Waals surface area contributed by atoms with Crippen molar-refractivity contribution in [3.05, 3.63) is 45.8 Å². The largest absolute Gasteiger partial charge is 0.483 e. The van der Waals surface area contributed by atoms with Crippen molar-refractivity contribution in [1.82, 2.24) is 14.1 Å². The molecule has 37 heavy (non-hydrogen) atoms. The number of sulfonamides is 1. The Labute approximate surface area is 224 Å². The first-order valence-electron chi connectivity index (χ1n) is 13.0. The van der Waals surface area contributed by atoms with E-state index in [2.05, 4.69) is 5.10 Å². The predicted molar refractivity (Wildman–Crippen MR) is 146 cm³/mol. The molecule has 9 nitrogen and oxygen atoms in total. The van der Waals surface area contributed by atoms with E-state index in [0.717, 1.165) is 25.7 Å². The SMILES string of the molecule is CC(C)OC1CCC(Oc2c(N3CCN(S(=O)(=O)C(C)C)CC3)cnn(-c3cccc(Cl)c3)c2=O)CC1. The van der Waals surface area contributed by atoms with E-state index >= 15 is 0 Å². The van der Waals surface area contributed by atoms with E-state index in [0.29, 0.717) is 42.6 Å². The standard InChI is InChI=1S/C26H37ClN4O5S/c1-18(2)35-22-8-10-23(11-9-22)36-25-24(29-12-14-30(15-13-29)37(33,34)19(3)4)17-28-31(26(25)32)21-7-5-6-20(27)16-21/h5-7,16-19,22-23H,8-15H2,1-4H3. The summed E-state index contributed by atoms with van der Waals surface area (Å²) in [4.78, 5) is 15.7. The second-order valence-corrected chi connectivity index (χ2v) is 13.2. The van der Waals surface area contributed by atoms with Crippen LogP contribution in [0.3, 0.4) is 0 Å². The summed E-state index contributed by atoms with van der Waals surface area (Å²) in [6.45, 7) is 9.03. The maximum Gasteiger partial charge on any atom is 0.316 e. The monoisotopic (exact) mass is 552 g/mol. The molecule has 1 aromatic heterocycles. The van der Waals surface area contributed by atoms with Crippen molar-refractivity contribution in [3.8, 4) is 11.4 Å². The first kappa shape index (κ1) is 27.9. The zero-order valence-corrected chi connectivity index (χ0v) is 23.5. The number of benzene rings is 1. The lowest BCUT2D eigenvalue weighted by Crippen LogP contribution is -2.50. The molecule has 204 valence electrons. The molecule has 2 fully saturated rings. The van der Waals surface area contributed by atoms with Gasteiger partial charge < -0.3 is 14.4 Å². The van der Waals surface area contributed by atoms with Gasteiger partial charge in [0, 0.05) is 31.2 Å². The fourth-order valence-electron chi connectivity index (χ4n) is 4.88. The number of nitrogens with zero attached hydrogens (tertiary/aromatic N) is 4. The lowest BCUT2D eigenvalue weighted by Gasteiger charge is -2.37. The molecule has 0 spiro atoms. The third-order valence-corrected chi connectivity index (χ3v) is 9.38. The Bertz CT molecular complexity index is 1230. The van der Waals surface area contributed by atoms with Gasteiger partial charge in [-0.1, -0.05) is 17.7 Å². The van der Waals surface area contributed by atoms with E-state index in [1.165, 1.54) is 8.99 Å². The van der Waals surface area contributed by atoms with Gasteiger partial charge in [0.1, 0.15) is 5.69 Å². The minimum atomic E-state index is -3.34. The molecule has 0 bridgehead atoms. The molecule has 2 aromatic rings. The highest BCUT2D eigenvalue weighted by Crippen LogP contribution is 2.31. The molecule has 4 rings (SSSR count). The van der Waals surface area contributed by atoms with Gasteiger partial charge in [-0.05, 0) is 71.6 Å². The molecule has 1 aliphatic carbocycles. The van der Waals surface area contributed by atoms with Crippen LogP contribution in [0.4, 0.5) is 5.69 Å². The highest BCUT2D eigenvalue weighted by atomic mass is 35.5. The Morgan fingerprint density at radius 3 is 2.24 bits per heavy atom. The maximum atomic E-state index is 13.7. The van der Waals surface area contributed by atoms with E-state index in [4.69, 9.17) is 21.1 Å². The van der Waals surface area contributed by atoms with E-state index < -0.39 is 15.3 Å². The van der Waals surface area contributed by atoms with Crippen LogP contribution in [0.1, 0.15) is 53.4 Å². The van der Waals surface area contributed by atoms with Crippen LogP contribution in [-0.2, 0) is 14.8 Å². The van der Waals surface area contributed by atoms with Gasteiger partial charge in [-0.15, -0.1) is 0 Å². The first-order valence-corrected chi connectivity index (χ1v) is 14.9. The van der Waals surface area contributed by atoms with E-state index in [1.807, 2.05) is 18.7 Å². The lowest BCUT2D eigenvalue weighted by molar-refractivity contribution is -0.0297. The predicted octanol–water partition coefficient (Wildman–Crippen LogP) is 3.86. The summed E-state index contributed by atoms with van der Waals surface area (Å²) in [6.07, 6.45) is 5.23. The molecule has 1 saturated carbocycles. The van der Waals surface area contributed by atoms with E-state index in [1.54, 1.807) is 44.3 Å². The minimum Gasteiger partial charge on any atom is -0.483 e. The minimum absolute atomic E-state index is 0.115. The lowest BCUT2D eigenvalue weighted by atomic mass is 9.94. The zero-order chi connectivity index (χ0) is 26.7. The van der Waals surface area contributed by atoms with Crippen molar-refractivity contribution >= 4 is 27.3 Å². The van der Waals surface area contributed by atoms with Crippen LogP contribution in [0.5, 0.6) is 5.75 Å². The third kappa shape index (κ3) is 6.47. The average Bonchev–Trinajstić information content (AvgIpc) is 2.86.